The molecular formula is C15H15F3N2. The van der Waals surface area contributed by atoms with Gasteiger partial charge < -0.3 is 5.32 Å². The number of nitriles is 1. The van der Waals surface area contributed by atoms with Crippen molar-refractivity contribution in [1.82, 2.24) is 0 Å². The number of nitrogens with zero attached hydrogens (tertiary/aromatic N) is 1. The van der Waals surface area contributed by atoms with E-state index < -0.39 is 11.7 Å². The predicted molar refractivity (Wildman–Crippen MR) is 71.2 cm³/mol. The summed E-state index contributed by atoms with van der Waals surface area (Å²) in [7, 11) is 0. The molecule has 1 aromatic carbocycles. The molecule has 0 spiro atoms. The summed E-state index contributed by atoms with van der Waals surface area (Å²) in [6, 6.07) is 5.18. The van der Waals surface area contributed by atoms with Gasteiger partial charge in [-0.25, -0.2) is 0 Å². The second kappa shape index (κ2) is 6.00. The molecule has 0 fully saturated rings. The van der Waals surface area contributed by atoms with Crippen LogP contribution < -0.4 is 5.32 Å². The molecule has 0 radical (unpaired) electrons. The van der Waals surface area contributed by atoms with Crippen molar-refractivity contribution in [2.45, 2.75) is 31.9 Å². The average Bonchev–Trinajstić information content (AvgIpc) is 2.90. The average molecular weight is 280 g/mol. The molecule has 0 bridgehead atoms. The van der Waals surface area contributed by atoms with Gasteiger partial charge in [-0.3, -0.25) is 0 Å². The lowest BCUT2D eigenvalue weighted by molar-refractivity contribution is -0.137. The van der Waals surface area contributed by atoms with Gasteiger partial charge in [-0.15, -0.1) is 0 Å². The summed E-state index contributed by atoms with van der Waals surface area (Å²) in [6.07, 6.45) is 2.04. The third-order valence-corrected chi connectivity index (χ3v) is 3.36. The maximum absolute atomic E-state index is 12.6. The highest BCUT2D eigenvalue weighted by Gasteiger charge is 2.33. The maximum Gasteiger partial charge on any atom is 0.417 e. The number of anilines is 1. The lowest BCUT2D eigenvalue weighted by atomic mass is 10.1. The van der Waals surface area contributed by atoms with Gasteiger partial charge in [0.15, 0.2) is 0 Å². The van der Waals surface area contributed by atoms with Crippen LogP contribution in [0.5, 0.6) is 0 Å². The van der Waals surface area contributed by atoms with Crippen molar-refractivity contribution in [3.63, 3.8) is 0 Å². The first kappa shape index (κ1) is 14.4. The number of alkyl halides is 3. The zero-order valence-corrected chi connectivity index (χ0v) is 10.9. The molecule has 0 saturated carbocycles. The molecule has 1 aliphatic rings. The molecule has 0 saturated heterocycles. The van der Waals surface area contributed by atoms with Gasteiger partial charge in [-0.1, -0.05) is 11.6 Å². The van der Waals surface area contributed by atoms with Gasteiger partial charge in [0.1, 0.15) is 0 Å². The van der Waals surface area contributed by atoms with Gasteiger partial charge in [0, 0.05) is 12.2 Å². The Labute approximate surface area is 115 Å². The van der Waals surface area contributed by atoms with E-state index in [0.717, 1.165) is 25.3 Å². The number of allylic oxidation sites excluding steroid dienone is 1. The minimum Gasteiger partial charge on any atom is -0.385 e. The molecule has 0 unspecified atom stereocenters. The Morgan fingerprint density at radius 3 is 2.70 bits per heavy atom. The highest BCUT2D eigenvalue weighted by molar-refractivity contribution is 5.53. The fourth-order valence-electron chi connectivity index (χ4n) is 2.33. The second-order valence-corrected chi connectivity index (χ2v) is 4.80. The molecule has 0 heterocycles. The highest BCUT2D eigenvalue weighted by Crippen LogP contribution is 2.33. The Morgan fingerprint density at radius 2 is 2.10 bits per heavy atom. The summed E-state index contributed by atoms with van der Waals surface area (Å²) in [5.41, 5.74) is 0.713. The van der Waals surface area contributed by atoms with E-state index >= 15 is 0 Å². The van der Waals surface area contributed by atoms with Crippen molar-refractivity contribution in [2.24, 2.45) is 0 Å². The molecule has 20 heavy (non-hydrogen) atoms. The lowest BCUT2D eigenvalue weighted by Crippen LogP contribution is -2.09. The van der Waals surface area contributed by atoms with E-state index in [1.807, 2.05) is 0 Å². The Kier molecular flexibility index (Phi) is 4.33. The smallest absolute Gasteiger partial charge is 0.385 e. The van der Waals surface area contributed by atoms with Crippen molar-refractivity contribution in [3.8, 4) is 6.07 Å². The van der Waals surface area contributed by atoms with E-state index in [2.05, 4.69) is 11.4 Å². The molecule has 0 aromatic heterocycles. The lowest BCUT2D eigenvalue weighted by Gasteiger charge is -2.11. The number of halogens is 3. The zero-order valence-electron chi connectivity index (χ0n) is 10.9. The van der Waals surface area contributed by atoms with Crippen molar-refractivity contribution < 1.29 is 13.2 Å². The molecular weight excluding hydrogens is 265 g/mol. The summed E-state index contributed by atoms with van der Waals surface area (Å²) in [6.45, 7) is 0.669. The largest absolute Gasteiger partial charge is 0.417 e. The Balaban J connectivity index is 2.01. The van der Waals surface area contributed by atoms with Crippen LogP contribution in [0, 0.1) is 11.3 Å². The summed E-state index contributed by atoms with van der Waals surface area (Å²) >= 11 is 0. The molecule has 1 aromatic rings. The fourth-order valence-corrected chi connectivity index (χ4v) is 2.33. The standard InChI is InChI=1S/C15H15F3N2/c16-15(17,18)14-6-5-13(9-12(14)10-19)20-8-7-11-3-1-2-4-11/h3,5-6,9,20H,1-2,4,7-8H2. The summed E-state index contributed by atoms with van der Waals surface area (Å²) in [5.74, 6) is 0. The Bertz CT molecular complexity index is 553. The molecule has 0 atom stereocenters. The fraction of sp³-hybridized carbons (Fsp3) is 0.400. The van der Waals surface area contributed by atoms with E-state index in [4.69, 9.17) is 5.26 Å². The van der Waals surface area contributed by atoms with Gasteiger partial charge in [0.2, 0.25) is 0 Å². The molecule has 0 amide bonds. The first-order chi connectivity index (χ1) is 9.50. The summed E-state index contributed by atoms with van der Waals surface area (Å²) in [4.78, 5) is 0. The van der Waals surface area contributed by atoms with Crippen LogP contribution in [0.2, 0.25) is 0 Å². The Hall–Kier alpha value is -1.96. The van der Waals surface area contributed by atoms with E-state index in [9.17, 15) is 13.2 Å². The van der Waals surface area contributed by atoms with Crippen LogP contribution in [0.1, 0.15) is 36.8 Å². The molecule has 1 N–H and O–H groups in total. The minimum atomic E-state index is -4.49. The van der Waals surface area contributed by atoms with Crippen LogP contribution in [0.3, 0.4) is 0 Å². The second-order valence-electron chi connectivity index (χ2n) is 4.80. The van der Waals surface area contributed by atoms with Gasteiger partial charge >= 0.3 is 6.18 Å². The molecule has 5 heteroatoms. The number of nitrogens with one attached hydrogen (secondary N) is 1. The van der Waals surface area contributed by atoms with Crippen LogP contribution in [0.4, 0.5) is 18.9 Å². The SMILES string of the molecule is N#Cc1cc(NCCC2=CCCC2)ccc1C(F)(F)F. The van der Waals surface area contributed by atoms with Crippen LogP contribution >= 0.6 is 0 Å². The maximum atomic E-state index is 12.6. The van der Waals surface area contributed by atoms with Crippen molar-refractivity contribution in [3.05, 3.63) is 41.0 Å². The molecule has 2 nitrogen and oxygen atoms in total. The van der Waals surface area contributed by atoms with Crippen molar-refractivity contribution >= 4 is 5.69 Å². The monoisotopic (exact) mass is 280 g/mol. The van der Waals surface area contributed by atoms with Gasteiger partial charge in [-0.05, 0) is 43.9 Å². The van der Waals surface area contributed by atoms with E-state index in [0.29, 0.717) is 12.2 Å². The molecule has 106 valence electrons. The van der Waals surface area contributed by atoms with E-state index in [-0.39, 0.29) is 5.56 Å². The highest BCUT2D eigenvalue weighted by atomic mass is 19.4. The van der Waals surface area contributed by atoms with Crippen LogP contribution in [0.15, 0.2) is 29.8 Å². The molecule has 2 rings (SSSR count). The Morgan fingerprint density at radius 1 is 1.30 bits per heavy atom. The van der Waals surface area contributed by atoms with Crippen molar-refractivity contribution in [2.75, 3.05) is 11.9 Å². The first-order valence-electron chi connectivity index (χ1n) is 6.54. The molecule has 0 aliphatic heterocycles. The number of hydrogen-bond acceptors (Lipinski definition) is 2. The number of rotatable bonds is 4. The number of hydrogen-bond donors (Lipinski definition) is 1. The summed E-state index contributed by atoms with van der Waals surface area (Å²) in [5, 5.41) is 11.9. The van der Waals surface area contributed by atoms with Crippen LogP contribution in [-0.2, 0) is 6.18 Å². The molecule has 1 aliphatic carbocycles. The third-order valence-electron chi connectivity index (χ3n) is 3.36. The van der Waals surface area contributed by atoms with Gasteiger partial charge in [0.05, 0.1) is 17.2 Å². The van der Waals surface area contributed by atoms with Gasteiger partial charge in [-0.2, -0.15) is 18.4 Å². The first-order valence-corrected chi connectivity index (χ1v) is 6.54. The van der Waals surface area contributed by atoms with Crippen LogP contribution in [-0.4, -0.2) is 6.54 Å². The van der Waals surface area contributed by atoms with Gasteiger partial charge in [0.25, 0.3) is 0 Å². The summed E-state index contributed by atoms with van der Waals surface area (Å²) < 4.78 is 37.9. The quantitative estimate of drug-likeness (QED) is 0.825. The van der Waals surface area contributed by atoms with E-state index in [1.54, 1.807) is 6.07 Å². The van der Waals surface area contributed by atoms with Crippen LogP contribution in [0.25, 0.3) is 0 Å². The number of benzene rings is 1. The normalized spacial score (nSPS) is 14.8. The predicted octanol–water partition coefficient (Wildman–Crippen LogP) is 4.49. The van der Waals surface area contributed by atoms with Crippen molar-refractivity contribution in [1.29, 1.82) is 5.26 Å². The minimum absolute atomic E-state index is 0.345. The topological polar surface area (TPSA) is 35.8 Å². The zero-order chi connectivity index (χ0) is 14.6. The van der Waals surface area contributed by atoms with E-state index in [1.165, 1.54) is 24.1 Å². The third kappa shape index (κ3) is 3.53.